The number of allylic oxidation sites excluding steroid dienone is 2. The van der Waals surface area contributed by atoms with Gasteiger partial charge in [-0.15, -0.1) is 0 Å². The normalized spacial score (nSPS) is 26.5. The van der Waals surface area contributed by atoms with Crippen molar-refractivity contribution < 1.29 is 9.90 Å². The Kier molecular flexibility index (Phi) is 4.47. The maximum atomic E-state index is 12.2. The van der Waals surface area contributed by atoms with Crippen LogP contribution in [0.2, 0.25) is 0 Å². The second kappa shape index (κ2) is 6.10. The van der Waals surface area contributed by atoms with Gasteiger partial charge < -0.3 is 5.11 Å². The molecule has 0 spiro atoms. The minimum atomic E-state index is 0.0628. The number of carbonyl (C=O) groups excluding carboxylic acids is 1. The van der Waals surface area contributed by atoms with E-state index in [2.05, 4.69) is 9.98 Å². The van der Waals surface area contributed by atoms with Crippen molar-refractivity contribution in [1.29, 1.82) is 0 Å². The van der Waals surface area contributed by atoms with Crippen molar-refractivity contribution in [3.8, 4) is 0 Å². The molecule has 1 aliphatic heterocycles. The van der Waals surface area contributed by atoms with Gasteiger partial charge in [-0.2, -0.15) is 0 Å². The van der Waals surface area contributed by atoms with Gasteiger partial charge in [0, 0.05) is 17.8 Å². The van der Waals surface area contributed by atoms with E-state index in [1.165, 1.54) is 0 Å². The lowest BCUT2D eigenvalue weighted by Crippen LogP contribution is -2.41. The summed E-state index contributed by atoms with van der Waals surface area (Å²) in [5.74, 6) is 0.896. The molecule has 0 bridgehead atoms. The van der Waals surface area contributed by atoms with Crippen LogP contribution in [0.25, 0.3) is 0 Å². The van der Waals surface area contributed by atoms with Gasteiger partial charge in [0.2, 0.25) is 5.91 Å². The Morgan fingerprint density at radius 2 is 2.32 bits per heavy atom. The number of carbonyl (C=O) groups is 1. The third-order valence-corrected chi connectivity index (χ3v) is 3.35. The number of hydrogen-bond acceptors (Lipinski definition) is 4. The van der Waals surface area contributed by atoms with Crippen LogP contribution < -0.4 is 0 Å². The summed E-state index contributed by atoms with van der Waals surface area (Å²) in [6, 6.07) is 0.0791. The maximum Gasteiger partial charge on any atom is 0.234 e. The first-order chi connectivity index (χ1) is 9.11. The molecule has 1 aliphatic carbocycles. The number of nitrogens with zero attached hydrogens (tertiary/aromatic N) is 3. The van der Waals surface area contributed by atoms with Crippen LogP contribution in [0.3, 0.4) is 0 Å². The Bertz CT molecular complexity index is 452. The highest BCUT2D eigenvalue weighted by Gasteiger charge is 2.28. The third-order valence-electron chi connectivity index (χ3n) is 3.35. The fraction of sp³-hybridized carbons (Fsp3) is 0.643. The first-order valence-corrected chi connectivity index (χ1v) is 6.84. The number of amides is 1. The number of rotatable bonds is 3. The quantitative estimate of drug-likeness (QED) is 0.839. The highest BCUT2D eigenvalue weighted by atomic mass is 16.3. The van der Waals surface area contributed by atoms with E-state index in [1.54, 1.807) is 4.90 Å². The predicted molar refractivity (Wildman–Crippen MR) is 75.4 cm³/mol. The molecule has 5 nitrogen and oxygen atoms in total. The second-order valence-corrected chi connectivity index (χ2v) is 5.04. The van der Waals surface area contributed by atoms with Gasteiger partial charge in [-0.05, 0) is 39.2 Å². The first kappa shape index (κ1) is 13.9. The van der Waals surface area contributed by atoms with E-state index in [0.717, 1.165) is 36.5 Å². The van der Waals surface area contributed by atoms with Gasteiger partial charge in [-0.1, -0.05) is 0 Å². The van der Waals surface area contributed by atoms with Gasteiger partial charge in [0.15, 0.2) is 0 Å². The molecule has 0 aromatic rings. The molecule has 2 aliphatic rings. The van der Waals surface area contributed by atoms with E-state index in [4.69, 9.17) is 5.11 Å². The molecule has 5 heteroatoms. The van der Waals surface area contributed by atoms with E-state index in [-0.39, 0.29) is 18.6 Å². The zero-order valence-electron chi connectivity index (χ0n) is 11.6. The van der Waals surface area contributed by atoms with Gasteiger partial charge in [0.25, 0.3) is 0 Å². The number of hydrogen-bond donors (Lipinski definition) is 1. The maximum absolute atomic E-state index is 12.2. The Balaban J connectivity index is 2.23. The van der Waals surface area contributed by atoms with Gasteiger partial charge in [0.05, 0.1) is 19.2 Å². The fourth-order valence-electron chi connectivity index (χ4n) is 2.60. The molecule has 0 fully saturated rings. The van der Waals surface area contributed by atoms with E-state index in [0.29, 0.717) is 13.0 Å². The molecular formula is C14H21N3O2. The summed E-state index contributed by atoms with van der Waals surface area (Å²) in [5, 5.41) is 8.81. The third kappa shape index (κ3) is 3.29. The lowest BCUT2D eigenvalue weighted by Gasteiger charge is -2.31. The van der Waals surface area contributed by atoms with E-state index in [9.17, 15) is 4.79 Å². The molecule has 1 atom stereocenters. The molecule has 1 N–H and O–H groups in total. The molecule has 0 saturated carbocycles. The number of aliphatic hydroxyl groups excluding tert-OH is 1. The summed E-state index contributed by atoms with van der Waals surface area (Å²) < 4.78 is 0. The number of aliphatic imine (C=N–C) groups is 2. The lowest BCUT2D eigenvalue weighted by molar-refractivity contribution is -0.126. The van der Waals surface area contributed by atoms with Crippen LogP contribution in [-0.2, 0) is 4.79 Å². The first-order valence-electron chi connectivity index (χ1n) is 6.84. The zero-order valence-corrected chi connectivity index (χ0v) is 11.6. The zero-order chi connectivity index (χ0) is 13.8. The van der Waals surface area contributed by atoms with Crippen LogP contribution in [0.4, 0.5) is 0 Å². The van der Waals surface area contributed by atoms with E-state index < -0.39 is 0 Å². The fourth-order valence-corrected chi connectivity index (χ4v) is 2.60. The van der Waals surface area contributed by atoms with Gasteiger partial charge in [0.1, 0.15) is 5.84 Å². The topological polar surface area (TPSA) is 65.3 Å². The van der Waals surface area contributed by atoms with Crippen LogP contribution in [0, 0.1) is 0 Å². The summed E-state index contributed by atoms with van der Waals surface area (Å²) in [4.78, 5) is 22.7. The Morgan fingerprint density at radius 1 is 1.53 bits per heavy atom. The Labute approximate surface area is 113 Å². The average molecular weight is 263 g/mol. The van der Waals surface area contributed by atoms with Crippen LogP contribution in [0.5, 0.6) is 0 Å². The molecule has 104 valence electrons. The highest BCUT2D eigenvalue weighted by molar-refractivity contribution is 6.03. The minimum absolute atomic E-state index is 0.0628. The van der Waals surface area contributed by atoms with Crippen LogP contribution >= 0.6 is 0 Å². The smallest absolute Gasteiger partial charge is 0.234 e. The van der Waals surface area contributed by atoms with Crippen molar-refractivity contribution in [3.63, 3.8) is 0 Å². The summed E-state index contributed by atoms with van der Waals surface area (Å²) in [7, 11) is 0. The molecule has 1 amide bonds. The second-order valence-electron chi connectivity index (χ2n) is 5.04. The molecular weight excluding hydrogens is 242 g/mol. The Morgan fingerprint density at radius 3 is 3.00 bits per heavy atom. The molecule has 1 unspecified atom stereocenters. The van der Waals surface area contributed by atoms with Crippen molar-refractivity contribution in [1.82, 2.24) is 4.90 Å². The summed E-state index contributed by atoms with van der Waals surface area (Å²) >= 11 is 0. The highest BCUT2D eigenvalue weighted by Crippen LogP contribution is 2.24. The van der Waals surface area contributed by atoms with Crippen LogP contribution in [-0.4, -0.2) is 46.7 Å². The van der Waals surface area contributed by atoms with Gasteiger partial charge in [-0.3, -0.25) is 19.7 Å². The molecule has 0 aromatic carbocycles. The summed E-state index contributed by atoms with van der Waals surface area (Å²) in [6.07, 6.45) is 5.23. The molecule has 2 rings (SSSR count). The van der Waals surface area contributed by atoms with Crippen molar-refractivity contribution in [2.24, 2.45) is 9.98 Å². The standard InChI is InChI=1S/C14H21N3O2/c1-10-8-14(19)17(11(2)16-10)13-5-3-4-12(9-13)15-6-7-18/h9-10,18H,3-8H2,1-2H3. The lowest BCUT2D eigenvalue weighted by atomic mass is 10.0. The number of aliphatic hydroxyl groups is 1. The molecule has 19 heavy (non-hydrogen) atoms. The van der Waals surface area contributed by atoms with Crippen LogP contribution in [0.15, 0.2) is 21.8 Å². The van der Waals surface area contributed by atoms with Crippen molar-refractivity contribution >= 4 is 17.5 Å². The van der Waals surface area contributed by atoms with E-state index in [1.807, 2.05) is 19.9 Å². The Hall–Kier alpha value is -1.49. The SMILES string of the molecule is CC1=NC(C)CC(=O)N1C1=CC(=NCCO)CCC1. The minimum Gasteiger partial charge on any atom is -0.394 e. The number of amidine groups is 1. The monoisotopic (exact) mass is 263 g/mol. The average Bonchev–Trinajstić information content (AvgIpc) is 2.35. The summed E-state index contributed by atoms with van der Waals surface area (Å²) in [6.45, 7) is 4.33. The van der Waals surface area contributed by atoms with Crippen molar-refractivity contribution in [3.05, 3.63) is 11.8 Å². The molecule has 0 radical (unpaired) electrons. The van der Waals surface area contributed by atoms with Gasteiger partial charge >= 0.3 is 0 Å². The largest absolute Gasteiger partial charge is 0.394 e. The molecule has 0 saturated heterocycles. The predicted octanol–water partition coefficient (Wildman–Crippen LogP) is 1.53. The van der Waals surface area contributed by atoms with Crippen molar-refractivity contribution in [2.75, 3.05) is 13.2 Å². The molecule has 0 aromatic heterocycles. The van der Waals surface area contributed by atoms with Gasteiger partial charge in [-0.25, -0.2) is 0 Å². The summed E-state index contributed by atoms with van der Waals surface area (Å²) in [5.41, 5.74) is 1.95. The van der Waals surface area contributed by atoms with Crippen LogP contribution in [0.1, 0.15) is 39.5 Å². The van der Waals surface area contributed by atoms with Crippen molar-refractivity contribution in [2.45, 2.75) is 45.6 Å². The van der Waals surface area contributed by atoms with E-state index >= 15 is 0 Å². The molecule has 1 heterocycles.